The molecule has 1 aliphatic rings. The van der Waals surface area contributed by atoms with E-state index in [1.54, 1.807) is 12.2 Å². The summed E-state index contributed by atoms with van der Waals surface area (Å²) in [5, 5.41) is 17.7. The molecule has 0 aliphatic heterocycles. The molecule has 1 fully saturated rings. The van der Waals surface area contributed by atoms with E-state index in [1.165, 1.54) is 6.20 Å². The predicted molar refractivity (Wildman–Crippen MR) is 89.0 cm³/mol. The summed E-state index contributed by atoms with van der Waals surface area (Å²) in [5.41, 5.74) is 12.1. The maximum Gasteiger partial charge on any atom is 0.130 e. The maximum absolute atomic E-state index is 9.74. The van der Waals surface area contributed by atoms with Gasteiger partial charge in [-0.2, -0.15) is 5.10 Å². The summed E-state index contributed by atoms with van der Waals surface area (Å²) in [6.07, 6.45) is 7.21. The second-order valence-corrected chi connectivity index (χ2v) is 6.83. The molecule has 1 aromatic rings. The SMILES string of the molecule is CC(C)(C)n1nc(C2CCC(O)C2)cc1N/C(N)=C/C=C\N. The molecule has 2 atom stereocenters. The van der Waals surface area contributed by atoms with Crippen molar-refractivity contribution in [1.82, 2.24) is 9.78 Å². The van der Waals surface area contributed by atoms with Gasteiger partial charge in [0.2, 0.25) is 0 Å². The van der Waals surface area contributed by atoms with Crippen LogP contribution in [-0.2, 0) is 5.54 Å². The smallest absolute Gasteiger partial charge is 0.130 e. The van der Waals surface area contributed by atoms with Crippen molar-refractivity contribution < 1.29 is 5.11 Å². The van der Waals surface area contributed by atoms with Crippen LogP contribution in [0.2, 0.25) is 0 Å². The molecule has 1 aliphatic carbocycles. The highest BCUT2D eigenvalue weighted by atomic mass is 16.3. The number of rotatable bonds is 4. The average Bonchev–Trinajstić information content (AvgIpc) is 3.02. The van der Waals surface area contributed by atoms with Gasteiger partial charge < -0.3 is 21.9 Å². The number of aliphatic hydroxyl groups excluding tert-OH is 1. The fourth-order valence-corrected chi connectivity index (χ4v) is 2.77. The number of nitrogens with two attached hydrogens (primary N) is 2. The van der Waals surface area contributed by atoms with Crippen molar-refractivity contribution in [1.29, 1.82) is 0 Å². The Morgan fingerprint density at radius 1 is 1.45 bits per heavy atom. The van der Waals surface area contributed by atoms with Gasteiger partial charge in [0.05, 0.1) is 17.3 Å². The third-order valence-electron chi connectivity index (χ3n) is 3.85. The first kappa shape index (κ1) is 16.4. The first-order chi connectivity index (χ1) is 10.3. The Hall–Kier alpha value is -1.95. The second kappa shape index (κ2) is 6.44. The number of hydrogen-bond donors (Lipinski definition) is 4. The van der Waals surface area contributed by atoms with Gasteiger partial charge in [0, 0.05) is 12.0 Å². The van der Waals surface area contributed by atoms with Gasteiger partial charge in [-0.05, 0) is 58.4 Å². The highest BCUT2D eigenvalue weighted by Crippen LogP contribution is 2.36. The molecule has 6 N–H and O–H groups in total. The monoisotopic (exact) mass is 305 g/mol. The van der Waals surface area contributed by atoms with Crippen LogP contribution in [0.25, 0.3) is 0 Å². The average molecular weight is 305 g/mol. The molecule has 1 heterocycles. The lowest BCUT2D eigenvalue weighted by molar-refractivity contribution is 0.181. The molecule has 22 heavy (non-hydrogen) atoms. The lowest BCUT2D eigenvalue weighted by Crippen LogP contribution is -2.26. The van der Waals surface area contributed by atoms with Gasteiger partial charge >= 0.3 is 0 Å². The summed E-state index contributed by atoms with van der Waals surface area (Å²) in [5.74, 6) is 1.67. The molecule has 0 amide bonds. The van der Waals surface area contributed by atoms with Gasteiger partial charge in [0.15, 0.2) is 0 Å². The minimum atomic E-state index is -0.208. The molecule has 2 unspecified atom stereocenters. The highest BCUT2D eigenvalue weighted by Gasteiger charge is 2.29. The molecule has 122 valence electrons. The van der Waals surface area contributed by atoms with Gasteiger partial charge in [-0.3, -0.25) is 0 Å². The number of aliphatic hydroxyl groups is 1. The zero-order valence-corrected chi connectivity index (χ0v) is 13.6. The maximum atomic E-state index is 9.74. The predicted octanol–water partition coefficient (Wildman–Crippen LogP) is 1.95. The number of allylic oxidation sites excluding steroid dienone is 2. The van der Waals surface area contributed by atoms with Crippen LogP contribution in [0.1, 0.15) is 51.6 Å². The number of nitrogens with one attached hydrogen (secondary N) is 1. The van der Waals surface area contributed by atoms with Crippen molar-refractivity contribution in [3.8, 4) is 0 Å². The summed E-state index contributed by atoms with van der Waals surface area (Å²) in [6, 6.07) is 2.03. The molecule has 1 aromatic heterocycles. The Labute approximate surface area is 131 Å². The minimum absolute atomic E-state index is 0.165. The minimum Gasteiger partial charge on any atom is -0.405 e. The van der Waals surface area contributed by atoms with Crippen molar-refractivity contribution >= 4 is 5.82 Å². The summed E-state index contributed by atoms with van der Waals surface area (Å²) >= 11 is 0. The van der Waals surface area contributed by atoms with Gasteiger partial charge in [-0.1, -0.05) is 0 Å². The highest BCUT2D eigenvalue weighted by molar-refractivity contribution is 5.45. The standard InChI is InChI=1S/C16H27N5O/c1-16(2,3)21-15(19-14(18)5-4-8-17)10-13(20-21)11-6-7-12(22)9-11/h4-5,8,10-12,19,22H,6-7,9,17-18H2,1-3H3/b8-4-,14-5+. The Kier molecular flexibility index (Phi) is 4.81. The molecule has 0 spiro atoms. The number of aromatic nitrogens is 2. The summed E-state index contributed by atoms with van der Waals surface area (Å²) in [7, 11) is 0. The molecular weight excluding hydrogens is 278 g/mol. The van der Waals surface area contributed by atoms with Crippen molar-refractivity contribution in [2.45, 2.75) is 57.6 Å². The van der Waals surface area contributed by atoms with E-state index in [1.807, 2.05) is 10.7 Å². The van der Waals surface area contributed by atoms with Gasteiger partial charge in [0.25, 0.3) is 0 Å². The first-order valence-electron chi connectivity index (χ1n) is 7.71. The van der Waals surface area contributed by atoms with E-state index in [-0.39, 0.29) is 11.6 Å². The normalized spacial score (nSPS) is 23.4. The third kappa shape index (κ3) is 3.82. The van der Waals surface area contributed by atoms with Crippen LogP contribution in [0.3, 0.4) is 0 Å². The van der Waals surface area contributed by atoms with Gasteiger partial charge in [-0.25, -0.2) is 4.68 Å². The van der Waals surface area contributed by atoms with Crippen molar-refractivity contribution in [2.75, 3.05) is 5.32 Å². The molecule has 2 rings (SSSR count). The molecule has 6 heteroatoms. The van der Waals surface area contributed by atoms with Crippen molar-refractivity contribution in [3.63, 3.8) is 0 Å². The largest absolute Gasteiger partial charge is 0.405 e. The Morgan fingerprint density at radius 3 is 2.73 bits per heavy atom. The zero-order chi connectivity index (χ0) is 16.3. The van der Waals surface area contributed by atoms with Crippen LogP contribution in [-0.4, -0.2) is 21.0 Å². The molecule has 0 bridgehead atoms. The zero-order valence-electron chi connectivity index (χ0n) is 13.6. The molecule has 1 saturated carbocycles. The van der Waals surface area contributed by atoms with E-state index in [4.69, 9.17) is 16.6 Å². The third-order valence-corrected chi connectivity index (χ3v) is 3.85. The molecule has 6 nitrogen and oxygen atoms in total. The van der Waals surface area contributed by atoms with Crippen LogP contribution in [0, 0.1) is 0 Å². The first-order valence-corrected chi connectivity index (χ1v) is 7.71. The van der Waals surface area contributed by atoms with Crippen LogP contribution < -0.4 is 16.8 Å². The van der Waals surface area contributed by atoms with Crippen molar-refractivity contribution in [3.05, 3.63) is 35.9 Å². The topological polar surface area (TPSA) is 102 Å². The van der Waals surface area contributed by atoms with E-state index in [9.17, 15) is 5.11 Å². The number of anilines is 1. The van der Waals surface area contributed by atoms with Crippen LogP contribution in [0.4, 0.5) is 5.82 Å². The lowest BCUT2D eigenvalue weighted by atomic mass is 10.0. The van der Waals surface area contributed by atoms with Crippen LogP contribution in [0.15, 0.2) is 30.2 Å². The Morgan fingerprint density at radius 2 is 2.18 bits per heavy atom. The van der Waals surface area contributed by atoms with Crippen molar-refractivity contribution in [2.24, 2.45) is 11.5 Å². The quantitative estimate of drug-likeness (QED) is 0.637. The summed E-state index contributed by atoms with van der Waals surface area (Å²) in [4.78, 5) is 0. The van der Waals surface area contributed by atoms with E-state index < -0.39 is 0 Å². The fourth-order valence-electron chi connectivity index (χ4n) is 2.77. The van der Waals surface area contributed by atoms with Gasteiger partial charge in [0.1, 0.15) is 11.6 Å². The van der Waals surface area contributed by atoms with Crippen LogP contribution in [0.5, 0.6) is 0 Å². The summed E-state index contributed by atoms with van der Waals surface area (Å²) < 4.78 is 1.94. The summed E-state index contributed by atoms with van der Waals surface area (Å²) in [6.45, 7) is 6.29. The fraction of sp³-hybridized carbons (Fsp3) is 0.562. The number of hydrogen-bond acceptors (Lipinski definition) is 5. The number of nitrogens with zero attached hydrogens (tertiary/aromatic N) is 2. The van der Waals surface area contributed by atoms with E-state index in [0.717, 1.165) is 30.8 Å². The van der Waals surface area contributed by atoms with E-state index in [2.05, 4.69) is 26.1 Å². The Balaban J connectivity index is 2.29. The lowest BCUT2D eigenvalue weighted by Gasteiger charge is -2.22. The van der Waals surface area contributed by atoms with Crippen LogP contribution >= 0.6 is 0 Å². The van der Waals surface area contributed by atoms with E-state index in [0.29, 0.717) is 11.7 Å². The Bertz CT molecular complexity index is 568. The van der Waals surface area contributed by atoms with Gasteiger partial charge in [-0.15, -0.1) is 0 Å². The molecule has 0 aromatic carbocycles. The molecule has 0 saturated heterocycles. The molecule has 0 radical (unpaired) electrons. The molecular formula is C16H27N5O. The second-order valence-electron chi connectivity index (χ2n) is 6.83. The van der Waals surface area contributed by atoms with E-state index >= 15 is 0 Å².